The van der Waals surface area contributed by atoms with Crippen LogP contribution < -0.4 is 11.1 Å². The van der Waals surface area contributed by atoms with Crippen molar-refractivity contribution in [2.75, 3.05) is 6.54 Å². The molecule has 4 atom stereocenters. The van der Waals surface area contributed by atoms with Crippen molar-refractivity contribution in [3.63, 3.8) is 0 Å². The van der Waals surface area contributed by atoms with E-state index in [1.54, 1.807) is 6.92 Å². The van der Waals surface area contributed by atoms with Gasteiger partial charge >= 0.3 is 0 Å². The van der Waals surface area contributed by atoms with Gasteiger partial charge in [-0.1, -0.05) is 6.92 Å². The summed E-state index contributed by atoms with van der Waals surface area (Å²) in [6.45, 7) is 4.64. The number of nitrogens with two attached hydrogens (primary N) is 1. The minimum absolute atomic E-state index is 0.134. The summed E-state index contributed by atoms with van der Waals surface area (Å²) in [6, 6.07) is 4.21. The predicted molar refractivity (Wildman–Crippen MR) is 77.7 cm³/mol. The Kier molecular flexibility index (Phi) is 3.30. The summed E-state index contributed by atoms with van der Waals surface area (Å²) in [6.07, 6.45) is 3.00. The number of aromatic nitrogens is 1. The molecule has 1 aromatic heterocycles. The summed E-state index contributed by atoms with van der Waals surface area (Å²) in [5, 5.41) is 3.17. The summed E-state index contributed by atoms with van der Waals surface area (Å²) < 4.78 is 0. The van der Waals surface area contributed by atoms with Crippen LogP contribution in [0.25, 0.3) is 0 Å². The van der Waals surface area contributed by atoms with Gasteiger partial charge in [0, 0.05) is 12.7 Å². The highest BCUT2D eigenvalue weighted by molar-refractivity contribution is 6.08. The number of carbonyl (C=O) groups is 1. The zero-order chi connectivity index (χ0) is 14.3. The minimum Gasteiger partial charge on any atom is -0.368 e. The van der Waals surface area contributed by atoms with Gasteiger partial charge in [0.1, 0.15) is 0 Å². The van der Waals surface area contributed by atoms with Crippen molar-refractivity contribution in [2.45, 2.75) is 38.3 Å². The van der Waals surface area contributed by atoms with Crippen molar-refractivity contribution in [2.24, 2.45) is 16.6 Å². The van der Waals surface area contributed by atoms with Gasteiger partial charge in [0.15, 0.2) is 0 Å². The van der Waals surface area contributed by atoms with E-state index in [0.717, 1.165) is 17.0 Å². The highest BCUT2D eigenvalue weighted by atomic mass is 16.1. The second-order valence-corrected chi connectivity index (χ2v) is 5.85. The first kappa shape index (κ1) is 13.2. The first-order valence-electron chi connectivity index (χ1n) is 7.13. The number of carbonyl (C=O) groups excluding carboxylic acids is 1. The molecule has 2 bridgehead atoms. The quantitative estimate of drug-likeness (QED) is 0.833. The van der Waals surface area contributed by atoms with Crippen LogP contribution in [-0.2, 0) is 4.79 Å². The molecule has 4 unspecified atom stereocenters. The third-order valence-corrected chi connectivity index (χ3v) is 4.19. The van der Waals surface area contributed by atoms with Crippen LogP contribution in [0.15, 0.2) is 23.3 Å². The fourth-order valence-electron chi connectivity index (χ4n) is 2.56. The van der Waals surface area contributed by atoms with E-state index < -0.39 is 0 Å². The number of rotatable bonds is 5. The third kappa shape index (κ3) is 2.45. The normalized spacial score (nSPS) is 30.5. The molecule has 1 heterocycles. The Morgan fingerprint density at radius 3 is 3.05 bits per heavy atom. The maximum Gasteiger partial charge on any atom is 0.234 e. The molecule has 0 aliphatic heterocycles. The number of nitrogens with one attached hydrogen (secondary N) is 1. The lowest BCUT2D eigenvalue weighted by molar-refractivity contribution is -0.119. The standard InChI is InChI=1S/C15H20N4O/c1-8-5-12(8)19-14-10-3-4-17-13(6-10)11(14)7-18-9(2)15(16)20/h3-4,6,8-9,11-12,18H,5,7H2,1-2H3,(H2,16,20). The molecule has 3 rings (SSSR count). The number of fused-ring (bicyclic) bond motifs is 2. The van der Waals surface area contributed by atoms with E-state index in [-0.39, 0.29) is 17.9 Å². The number of hydrogen-bond donors (Lipinski definition) is 2. The molecule has 5 heteroatoms. The van der Waals surface area contributed by atoms with Crippen molar-refractivity contribution in [1.29, 1.82) is 0 Å². The van der Waals surface area contributed by atoms with E-state index in [0.29, 0.717) is 18.5 Å². The molecule has 5 nitrogen and oxygen atoms in total. The highest BCUT2D eigenvalue weighted by Crippen LogP contribution is 2.36. The van der Waals surface area contributed by atoms with Crippen LogP contribution in [0, 0.1) is 5.92 Å². The van der Waals surface area contributed by atoms with E-state index in [4.69, 9.17) is 10.7 Å². The highest BCUT2D eigenvalue weighted by Gasteiger charge is 2.36. The van der Waals surface area contributed by atoms with E-state index in [1.165, 1.54) is 6.42 Å². The molecule has 0 aromatic carbocycles. The molecule has 106 valence electrons. The molecule has 1 amide bonds. The largest absolute Gasteiger partial charge is 0.368 e. The predicted octanol–water partition coefficient (Wildman–Crippen LogP) is 0.840. The van der Waals surface area contributed by atoms with Crippen molar-refractivity contribution < 1.29 is 4.79 Å². The van der Waals surface area contributed by atoms with Gasteiger partial charge in [-0.2, -0.15) is 0 Å². The van der Waals surface area contributed by atoms with E-state index in [9.17, 15) is 4.79 Å². The van der Waals surface area contributed by atoms with E-state index in [2.05, 4.69) is 23.3 Å². The summed E-state index contributed by atoms with van der Waals surface area (Å²) in [7, 11) is 0. The number of pyridine rings is 1. The molecule has 3 N–H and O–H groups in total. The number of nitrogens with zero attached hydrogens (tertiary/aromatic N) is 2. The Morgan fingerprint density at radius 1 is 1.65 bits per heavy atom. The fraction of sp³-hybridized carbons (Fsp3) is 0.533. The summed E-state index contributed by atoms with van der Waals surface area (Å²) in [4.78, 5) is 20.4. The smallest absolute Gasteiger partial charge is 0.234 e. The summed E-state index contributed by atoms with van der Waals surface area (Å²) in [5.74, 6) is 0.485. The average molecular weight is 272 g/mol. The van der Waals surface area contributed by atoms with Crippen LogP contribution in [0.1, 0.15) is 37.4 Å². The van der Waals surface area contributed by atoms with Gasteiger partial charge in [-0.05, 0) is 37.0 Å². The zero-order valence-corrected chi connectivity index (χ0v) is 11.8. The molecule has 0 spiro atoms. The van der Waals surface area contributed by atoms with Gasteiger partial charge in [0.2, 0.25) is 5.91 Å². The van der Waals surface area contributed by atoms with Crippen LogP contribution in [0.3, 0.4) is 0 Å². The van der Waals surface area contributed by atoms with Crippen LogP contribution in [0.2, 0.25) is 0 Å². The fourth-order valence-corrected chi connectivity index (χ4v) is 2.56. The molecule has 2 aliphatic carbocycles. The minimum atomic E-state index is -0.338. The number of hydrogen-bond acceptors (Lipinski definition) is 4. The van der Waals surface area contributed by atoms with Gasteiger partial charge in [-0.3, -0.25) is 14.8 Å². The second kappa shape index (κ2) is 4.98. The SMILES string of the molecule is CC(NCC1C(=NC2CC2C)c2ccnc1c2)C(N)=O. The number of primary amides is 1. The maximum atomic E-state index is 11.1. The molecule has 1 aromatic rings. The molecule has 2 aliphatic rings. The van der Waals surface area contributed by atoms with Crippen LogP contribution in [0.5, 0.6) is 0 Å². The lowest BCUT2D eigenvalue weighted by Crippen LogP contribution is -2.41. The van der Waals surface area contributed by atoms with Crippen LogP contribution >= 0.6 is 0 Å². The molecule has 0 saturated heterocycles. The average Bonchev–Trinajstić information content (AvgIpc) is 3.07. The maximum absolute atomic E-state index is 11.1. The first-order chi connectivity index (χ1) is 9.56. The molecule has 20 heavy (non-hydrogen) atoms. The van der Waals surface area contributed by atoms with Gasteiger partial charge in [0.05, 0.1) is 29.4 Å². The van der Waals surface area contributed by atoms with Crippen molar-refractivity contribution in [3.05, 3.63) is 29.6 Å². The Bertz CT molecular complexity index is 569. The topological polar surface area (TPSA) is 80.4 Å². The monoisotopic (exact) mass is 272 g/mol. The van der Waals surface area contributed by atoms with Gasteiger partial charge < -0.3 is 11.1 Å². The summed E-state index contributed by atoms with van der Waals surface area (Å²) >= 11 is 0. The molecule has 1 saturated carbocycles. The lowest BCUT2D eigenvalue weighted by atomic mass is 10.0. The van der Waals surface area contributed by atoms with Crippen LogP contribution in [-0.4, -0.2) is 35.2 Å². The lowest BCUT2D eigenvalue weighted by Gasteiger charge is -2.16. The summed E-state index contributed by atoms with van der Waals surface area (Å²) in [5.41, 5.74) is 8.58. The van der Waals surface area contributed by atoms with Gasteiger partial charge in [-0.25, -0.2) is 0 Å². The van der Waals surface area contributed by atoms with Crippen molar-refractivity contribution in [1.82, 2.24) is 10.3 Å². The Morgan fingerprint density at radius 2 is 2.40 bits per heavy atom. The molecule has 0 radical (unpaired) electrons. The number of amides is 1. The zero-order valence-electron chi connectivity index (χ0n) is 11.8. The van der Waals surface area contributed by atoms with Crippen LogP contribution in [0.4, 0.5) is 0 Å². The number of aliphatic imine (C=N–C) groups is 1. The Hall–Kier alpha value is -1.75. The second-order valence-electron chi connectivity index (χ2n) is 5.85. The van der Waals surface area contributed by atoms with E-state index >= 15 is 0 Å². The Balaban J connectivity index is 1.76. The Labute approximate surface area is 118 Å². The molecular formula is C15H20N4O. The first-order valence-corrected chi connectivity index (χ1v) is 7.13. The van der Waals surface area contributed by atoms with Crippen molar-refractivity contribution in [3.8, 4) is 0 Å². The van der Waals surface area contributed by atoms with Gasteiger partial charge in [0.25, 0.3) is 0 Å². The van der Waals surface area contributed by atoms with Gasteiger partial charge in [-0.15, -0.1) is 0 Å². The molecule has 1 fully saturated rings. The van der Waals surface area contributed by atoms with E-state index in [1.807, 2.05) is 12.3 Å². The molecular weight excluding hydrogens is 252 g/mol. The third-order valence-electron chi connectivity index (χ3n) is 4.19. The van der Waals surface area contributed by atoms with Crippen molar-refractivity contribution >= 4 is 11.6 Å².